The Balaban J connectivity index is 1.76. The highest BCUT2D eigenvalue weighted by Gasteiger charge is 2.13. The fourth-order valence-electron chi connectivity index (χ4n) is 2.18. The third-order valence-electron chi connectivity index (χ3n) is 3.45. The van der Waals surface area contributed by atoms with Crippen molar-refractivity contribution in [3.05, 3.63) is 64.1 Å². The molecule has 0 saturated carbocycles. The summed E-state index contributed by atoms with van der Waals surface area (Å²) < 4.78 is 0. The Kier molecular flexibility index (Phi) is 7.10. The van der Waals surface area contributed by atoms with Crippen molar-refractivity contribution < 1.29 is 9.59 Å². The minimum Gasteiger partial charge on any atom is -0.338 e. The van der Waals surface area contributed by atoms with Crippen molar-refractivity contribution in [3.63, 3.8) is 0 Å². The second kappa shape index (κ2) is 9.30. The lowest BCUT2D eigenvalue weighted by atomic mass is 10.1. The highest BCUT2D eigenvalue weighted by atomic mass is 35.5. The Hall–Kier alpha value is -2.24. The molecule has 0 atom stereocenters. The van der Waals surface area contributed by atoms with E-state index in [2.05, 4.69) is 10.6 Å². The Morgan fingerprint density at radius 3 is 2.56 bits per heavy atom. The van der Waals surface area contributed by atoms with E-state index in [0.717, 1.165) is 5.56 Å². The van der Waals surface area contributed by atoms with Crippen LogP contribution in [-0.2, 0) is 11.2 Å². The molecule has 132 valence electrons. The van der Waals surface area contributed by atoms with Crippen molar-refractivity contribution in [2.75, 3.05) is 25.5 Å². The topological polar surface area (TPSA) is 61.4 Å². The zero-order valence-electron chi connectivity index (χ0n) is 13.8. The van der Waals surface area contributed by atoms with Gasteiger partial charge in [0.2, 0.25) is 5.91 Å². The molecule has 0 saturated heterocycles. The van der Waals surface area contributed by atoms with Crippen molar-refractivity contribution in [1.82, 2.24) is 10.2 Å². The fraction of sp³-hybridized carbons (Fsp3) is 0.222. The number of carbonyl (C=O) groups excluding carboxylic acids is 2. The van der Waals surface area contributed by atoms with Crippen LogP contribution in [0, 0.1) is 0 Å². The number of nitrogens with zero attached hydrogens (tertiary/aromatic N) is 1. The summed E-state index contributed by atoms with van der Waals surface area (Å²) in [7, 11) is 1.56. The number of anilines is 1. The van der Waals surface area contributed by atoms with Gasteiger partial charge in [0.15, 0.2) is 0 Å². The molecule has 2 aromatic rings. The molecular formula is C18H19Cl2N3O2. The van der Waals surface area contributed by atoms with Gasteiger partial charge in [-0.3, -0.25) is 4.79 Å². The van der Waals surface area contributed by atoms with Crippen LogP contribution in [0.1, 0.15) is 5.56 Å². The van der Waals surface area contributed by atoms with E-state index in [0.29, 0.717) is 28.7 Å². The first kappa shape index (κ1) is 19.1. The molecular weight excluding hydrogens is 361 g/mol. The summed E-state index contributed by atoms with van der Waals surface area (Å²) in [5, 5.41) is 6.56. The number of benzene rings is 2. The molecule has 0 unspecified atom stereocenters. The van der Waals surface area contributed by atoms with Gasteiger partial charge < -0.3 is 15.5 Å². The van der Waals surface area contributed by atoms with Gasteiger partial charge in [0.25, 0.3) is 0 Å². The number of likely N-dealkylation sites (N-methyl/N-ethyl adjacent to an activating group) is 1. The van der Waals surface area contributed by atoms with Crippen LogP contribution < -0.4 is 10.6 Å². The quantitative estimate of drug-likeness (QED) is 0.801. The van der Waals surface area contributed by atoms with Gasteiger partial charge >= 0.3 is 6.03 Å². The molecule has 0 radical (unpaired) electrons. The number of hydrogen-bond donors (Lipinski definition) is 2. The van der Waals surface area contributed by atoms with Gasteiger partial charge in [-0.1, -0.05) is 47.5 Å². The van der Waals surface area contributed by atoms with Crippen LogP contribution in [0.4, 0.5) is 10.5 Å². The minimum absolute atomic E-state index is 0.0752. The average Bonchev–Trinajstić information content (AvgIpc) is 2.57. The van der Waals surface area contributed by atoms with Crippen LogP contribution in [0.25, 0.3) is 0 Å². The number of carbonyl (C=O) groups is 2. The van der Waals surface area contributed by atoms with Crippen LogP contribution >= 0.6 is 23.2 Å². The maximum Gasteiger partial charge on any atom is 0.317 e. The normalized spacial score (nSPS) is 10.2. The van der Waals surface area contributed by atoms with Crippen molar-refractivity contribution in [1.29, 1.82) is 0 Å². The van der Waals surface area contributed by atoms with Crippen molar-refractivity contribution in [3.8, 4) is 0 Å². The Labute approximate surface area is 156 Å². The Bertz CT molecular complexity index is 753. The van der Waals surface area contributed by atoms with E-state index in [1.165, 1.54) is 4.90 Å². The molecule has 0 aliphatic carbocycles. The summed E-state index contributed by atoms with van der Waals surface area (Å²) >= 11 is 11.9. The number of rotatable bonds is 6. The van der Waals surface area contributed by atoms with Crippen molar-refractivity contribution in [2.45, 2.75) is 6.42 Å². The molecule has 2 aromatic carbocycles. The van der Waals surface area contributed by atoms with Crippen LogP contribution in [0.15, 0.2) is 48.5 Å². The summed E-state index contributed by atoms with van der Waals surface area (Å²) in [5.41, 5.74) is 1.55. The maximum absolute atomic E-state index is 12.0. The molecule has 0 bridgehead atoms. The lowest BCUT2D eigenvalue weighted by molar-refractivity contribution is -0.116. The van der Waals surface area contributed by atoms with Gasteiger partial charge in [-0.05, 0) is 36.2 Å². The molecule has 25 heavy (non-hydrogen) atoms. The van der Waals surface area contributed by atoms with E-state index in [9.17, 15) is 9.59 Å². The van der Waals surface area contributed by atoms with Gasteiger partial charge in [0.1, 0.15) is 6.54 Å². The first-order valence-electron chi connectivity index (χ1n) is 7.73. The van der Waals surface area contributed by atoms with E-state index >= 15 is 0 Å². The number of hydrogen-bond acceptors (Lipinski definition) is 2. The van der Waals surface area contributed by atoms with E-state index in [1.54, 1.807) is 37.4 Å². The zero-order chi connectivity index (χ0) is 18.2. The Morgan fingerprint density at radius 2 is 1.84 bits per heavy atom. The van der Waals surface area contributed by atoms with Crippen LogP contribution in [-0.4, -0.2) is 37.0 Å². The van der Waals surface area contributed by atoms with E-state index < -0.39 is 0 Å². The molecule has 2 N–H and O–H groups in total. The average molecular weight is 380 g/mol. The van der Waals surface area contributed by atoms with E-state index in [-0.39, 0.29) is 18.5 Å². The predicted molar refractivity (Wildman–Crippen MR) is 101 cm³/mol. The molecule has 0 aliphatic heterocycles. The summed E-state index contributed by atoms with van der Waals surface area (Å²) in [6, 6.07) is 14.1. The van der Waals surface area contributed by atoms with E-state index in [1.807, 2.05) is 18.2 Å². The lowest BCUT2D eigenvalue weighted by Gasteiger charge is -2.18. The van der Waals surface area contributed by atoms with Crippen LogP contribution in [0.5, 0.6) is 0 Å². The largest absolute Gasteiger partial charge is 0.338 e. The second-order valence-corrected chi connectivity index (χ2v) is 6.34. The summed E-state index contributed by atoms with van der Waals surface area (Å²) in [6.07, 6.45) is 0.659. The predicted octanol–water partition coefficient (Wildman–Crippen LogP) is 3.82. The second-order valence-electron chi connectivity index (χ2n) is 5.50. The molecule has 0 heterocycles. The number of urea groups is 1. The van der Waals surface area contributed by atoms with Crippen molar-refractivity contribution in [2.24, 2.45) is 0 Å². The maximum atomic E-state index is 12.0. The smallest absolute Gasteiger partial charge is 0.317 e. The SMILES string of the molecule is CN(CC(=O)Nc1ccccc1Cl)C(=O)NCCc1cccc(Cl)c1. The fourth-order valence-corrected chi connectivity index (χ4v) is 2.58. The molecule has 0 spiro atoms. The van der Waals surface area contributed by atoms with Gasteiger partial charge in [-0.2, -0.15) is 0 Å². The van der Waals surface area contributed by atoms with Gasteiger partial charge in [-0.25, -0.2) is 4.79 Å². The van der Waals surface area contributed by atoms with Crippen molar-refractivity contribution >= 4 is 40.8 Å². The molecule has 3 amide bonds. The van der Waals surface area contributed by atoms with Gasteiger partial charge in [-0.15, -0.1) is 0 Å². The van der Waals surface area contributed by atoms with Gasteiger partial charge in [0, 0.05) is 18.6 Å². The number of amides is 3. The third-order valence-corrected chi connectivity index (χ3v) is 4.02. The zero-order valence-corrected chi connectivity index (χ0v) is 15.3. The minimum atomic E-state index is -0.323. The molecule has 5 nitrogen and oxygen atoms in total. The Morgan fingerprint density at radius 1 is 1.08 bits per heavy atom. The first-order valence-corrected chi connectivity index (χ1v) is 8.49. The molecule has 0 aliphatic rings. The number of para-hydroxylation sites is 1. The standard InChI is InChI=1S/C18H19Cl2N3O2/c1-23(12-17(24)22-16-8-3-2-7-15(16)20)18(25)21-10-9-13-5-4-6-14(19)11-13/h2-8,11H,9-10,12H2,1H3,(H,21,25)(H,22,24). The van der Waals surface area contributed by atoms with Crippen LogP contribution in [0.2, 0.25) is 10.0 Å². The first-order chi connectivity index (χ1) is 12.0. The molecule has 0 fully saturated rings. The van der Waals surface area contributed by atoms with Crippen LogP contribution in [0.3, 0.4) is 0 Å². The highest BCUT2D eigenvalue weighted by molar-refractivity contribution is 6.33. The summed E-state index contributed by atoms with van der Waals surface area (Å²) in [5.74, 6) is -0.319. The van der Waals surface area contributed by atoms with E-state index in [4.69, 9.17) is 23.2 Å². The monoisotopic (exact) mass is 379 g/mol. The molecule has 2 rings (SSSR count). The summed E-state index contributed by atoms with van der Waals surface area (Å²) in [4.78, 5) is 25.4. The third kappa shape index (κ3) is 6.29. The molecule has 7 heteroatoms. The summed E-state index contributed by atoms with van der Waals surface area (Å²) in [6.45, 7) is 0.379. The van der Waals surface area contributed by atoms with Gasteiger partial charge in [0.05, 0.1) is 10.7 Å². The molecule has 0 aromatic heterocycles. The highest BCUT2D eigenvalue weighted by Crippen LogP contribution is 2.20. The number of halogens is 2. The lowest BCUT2D eigenvalue weighted by Crippen LogP contribution is -2.42. The number of nitrogens with one attached hydrogen (secondary N) is 2.